The average Bonchev–Trinajstić information content (AvgIpc) is 2.90. The predicted octanol–water partition coefficient (Wildman–Crippen LogP) is -0.352. The van der Waals surface area contributed by atoms with Crippen LogP contribution >= 0.6 is 0 Å². The summed E-state index contributed by atoms with van der Waals surface area (Å²) in [6.07, 6.45) is -2.84. The number of carbonyl (C=O) groups excluding carboxylic acids is 4. The molecule has 0 bridgehead atoms. The van der Waals surface area contributed by atoms with Crippen LogP contribution in [0.4, 0.5) is 0 Å². The zero-order valence-corrected chi connectivity index (χ0v) is 21.3. The van der Waals surface area contributed by atoms with Crippen LogP contribution in [0.2, 0.25) is 0 Å². The Balaban J connectivity index is 2.01. The first kappa shape index (κ1) is 30.1. The number of phenols is 1. The molecule has 0 saturated carbocycles. The summed E-state index contributed by atoms with van der Waals surface area (Å²) in [6.45, 7) is 0.785. The van der Waals surface area contributed by atoms with E-state index in [4.69, 9.17) is 4.74 Å². The molecule has 0 saturated heterocycles. The minimum absolute atomic E-state index is 0.0407. The van der Waals surface area contributed by atoms with Crippen LogP contribution in [0.15, 0.2) is 48.5 Å². The van der Waals surface area contributed by atoms with E-state index in [0.29, 0.717) is 11.3 Å². The monoisotopic (exact) mass is 531 g/mol. The number of methoxy groups -OCH3 is 2. The first-order chi connectivity index (χ1) is 18.0. The summed E-state index contributed by atoms with van der Waals surface area (Å²) in [5.41, 5.74) is 0.898. The third-order valence-corrected chi connectivity index (χ3v) is 5.63. The van der Waals surface area contributed by atoms with Crippen LogP contribution in [-0.2, 0) is 25.5 Å². The molecule has 0 aliphatic rings. The second-order valence-corrected chi connectivity index (χ2v) is 8.53. The molecular formula is C26H33N3O9. The molecule has 6 N–H and O–H groups in total. The third-order valence-electron chi connectivity index (χ3n) is 5.63. The summed E-state index contributed by atoms with van der Waals surface area (Å²) in [5, 5.41) is 37.4. The van der Waals surface area contributed by atoms with Crippen molar-refractivity contribution in [3.8, 4) is 11.5 Å². The number of ether oxygens (including phenoxy) is 2. The van der Waals surface area contributed by atoms with E-state index in [1.165, 1.54) is 45.4 Å². The molecule has 0 aliphatic carbocycles. The van der Waals surface area contributed by atoms with Gasteiger partial charge in [0.2, 0.25) is 11.8 Å². The van der Waals surface area contributed by atoms with Crippen molar-refractivity contribution in [1.82, 2.24) is 16.0 Å². The normalized spacial score (nSPS) is 13.8. The lowest BCUT2D eigenvalue weighted by Gasteiger charge is -2.25. The van der Waals surface area contributed by atoms with Crippen molar-refractivity contribution < 1.29 is 44.0 Å². The van der Waals surface area contributed by atoms with Gasteiger partial charge in [-0.3, -0.25) is 19.2 Å². The summed E-state index contributed by atoms with van der Waals surface area (Å²) >= 11 is 0. The van der Waals surface area contributed by atoms with Gasteiger partial charge in [0.05, 0.1) is 45.4 Å². The Labute approximate surface area is 220 Å². The van der Waals surface area contributed by atoms with Gasteiger partial charge in [0.1, 0.15) is 17.5 Å². The van der Waals surface area contributed by atoms with Gasteiger partial charge in [-0.05, 0) is 55.3 Å². The number of aromatic hydroxyl groups is 1. The van der Waals surface area contributed by atoms with E-state index in [1.54, 1.807) is 24.3 Å². The summed E-state index contributed by atoms with van der Waals surface area (Å²) in [4.78, 5) is 49.4. The molecule has 0 heterocycles. The topological polar surface area (TPSA) is 184 Å². The van der Waals surface area contributed by atoms with Gasteiger partial charge < -0.3 is 40.7 Å². The Bertz CT molecular complexity index is 1090. The van der Waals surface area contributed by atoms with Crippen LogP contribution in [0.5, 0.6) is 11.5 Å². The highest BCUT2D eigenvalue weighted by molar-refractivity contribution is 5.98. The van der Waals surface area contributed by atoms with Crippen LogP contribution in [0.25, 0.3) is 0 Å². The third kappa shape index (κ3) is 9.37. The predicted molar refractivity (Wildman–Crippen MR) is 135 cm³/mol. The summed E-state index contributed by atoms with van der Waals surface area (Å²) in [6, 6.07) is 9.92. The van der Waals surface area contributed by atoms with Crippen LogP contribution < -0.4 is 20.7 Å². The van der Waals surface area contributed by atoms with Crippen molar-refractivity contribution in [3.63, 3.8) is 0 Å². The number of rotatable bonds is 13. The van der Waals surface area contributed by atoms with E-state index in [0.717, 1.165) is 0 Å². The maximum atomic E-state index is 12.7. The smallest absolute Gasteiger partial charge is 0.308 e. The van der Waals surface area contributed by atoms with Gasteiger partial charge in [-0.1, -0.05) is 12.1 Å². The van der Waals surface area contributed by atoms with Gasteiger partial charge in [0.25, 0.3) is 5.91 Å². The Hall–Kier alpha value is -4.16. The molecule has 3 amide bonds. The number of aliphatic hydroxyl groups excluding tert-OH is 2. The number of hydrogen-bond donors (Lipinski definition) is 6. The Kier molecular flexibility index (Phi) is 11.5. The maximum Gasteiger partial charge on any atom is 0.308 e. The van der Waals surface area contributed by atoms with Crippen LogP contribution in [0, 0.1) is 0 Å². The summed E-state index contributed by atoms with van der Waals surface area (Å²) in [5.74, 6) is -2.20. The lowest BCUT2D eigenvalue weighted by molar-refractivity contribution is -0.143. The van der Waals surface area contributed by atoms with E-state index in [-0.39, 0.29) is 24.2 Å². The number of benzene rings is 2. The van der Waals surface area contributed by atoms with E-state index in [1.807, 2.05) is 0 Å². The van der Waals surface area contributed by atoms with Crippen molar-refractivity contribution in [2.24, 2.45) is 0 Å². The number of amides is 3. The quantitative estimate of drug-likeness (QED) is 0.188. The molecule has 0 spiro atoms. The summed E-state index contributed by atoms with van der Waals surface area (Å²) in [7, 11) is 2.65. The van der Waals surface area contributed by atoms with Gasteiger partial charge in [0, 0.05) is 5.56 Å². The molecule has 206 valence electrons. The molecule has 12 nitrogen and oxygen atoms in total. The second kappa shape index (κ2) is 14.5. The van der Waals surface area contributed by atoms with Crippen molar-refractivity contribution in [1.29, 1.82) is 0 Å². The SMILES string of the molecule is COC(=O)C[C@H](O)C(Cc1ccc(O)cc1)NC(=O)CNC(=O)[C@@H](NC(=O)c1ccc(OC)cc1)[C@@H](C)O. The molecule has 0 fully saturated rings. The minimum atomic E-state index is -1.35. The molecule has 2 aromatic rings. The molecule has 12 heteroatoms. The number of aliphatic hydroxyl groups is 2. The maximum absolute atomic E-state index is 12.7. The highest BCUT2D eigenvalue weighted by Crippen LogP contribution is 2.14. The van der Waals surface area contributed by atoms with E-state index in [9.17, 15) is 34.5 Å². The first-order valence-corrected chi connectivity index (χ1v) is 11.8. The molecular weight excluding hydrogens is 498 g/mol. The molecule has 4 atom stereocenters. The van der Waals surface area contributed by atoms with E-state index >= 15 is 0 Å². The summed E-state index contributed by atoms with van der Waals surface area (Å²) < 4.78 is 9.62. The number of hydrogen-bond acceptors (Lipinski definition) is 9. The largest absolute Gasteiger partial charge is 0.508 e. The Morgan fingerprint density at radius 1 is 0.921 bits per heavy atom. The molecule has 2 aromatic carbocycles. The fourth-order valence-corrected chi connectivity index (χ4v) is 3.47. The fourth-order valence-electron chi connectivity index (χ4n) is 3.47. The lowest BCUT2D eigenvalue weighted by Crippen LogP contribution is -2.55. The van der Waals surface area contributed by atoms with E-state index in [2.05, 4.69) is 20.7 Å². The zero-order valence-electron chi connectivity index (χ0n) is 21.3. The van der Waals surface area contributed by atoms with Gasteiger partial charge in [-0.25, -0.2) is 0 Å². The van der Waals surface area contributed by atoms with Crippen LogP contribution in [0.1, 0.15) is 29.3 Å². The molecule has 0 aliphatic heterocycles. The fraction of sp³-hybridized carbons (Fsp3) is 0.385. The molecule has 0 aromatic heterocycles. The molecule has 1 unspecified atom stereocenters. The average molecular weight is 532 g/mol. The highest BCUT2D eigenvalue weighted by atomic mass is 16.5. The molecule has 2 rings (SSSR count). The standard InChI is InChI=1S/C26H33N3O9/c1-15(30)24(29-25(35)17-6-10-19(37-2)11-7-17)26(36)27-14-22(33)28-20(21(32)13-23(34)38-3)12-16-4-8-18(31)9-5-16/h4-11,15,20-21,24,30-32H,12-14H2,1-3H3,(H,27,36)(H,28,33)(H,29,35)/t15-,20?,21+,24+/m1/s1. The van der Waals surface area contributed by atoms with Gasteiger partial charge in [-0.2, -0.15) is 0 Å². The van der Waals surface area contributed by atoms with E-state index < -0.39 is 54.5 Å². The molecule has 0 radical (unpaired) electrons. The number of carbonyl (C=O) groups is 4. The van der Waals surface area contributed by atoms with Gasteiger partial charge in [0.15, 0.2) is 0 Å². The van der Waals surface area contributed by atoms with Crippen molar-refractivity contribution in [2.75, 3.05) is 20.8 Å². The number of nitrogens with one attached hydrogen (secondary N) is 3. The second-order valence-electron chi connectivity index (χ2n) is 8.53. The zero-order chi connectivity index (χ0) is 28.2. The first-order valence-electron chi connectivity index (χ1n) is 11.8. The number of esters is 1. The van der Waals surface area contributed by atoms with Crippen LogP contribution in [-0.4, -0.2) is 84.1 Å². The van der Waals surface area contributed by atoms with Crippen molar-refractivity contribution >= 4 is 23.7 Å². The lowest BCUT2D eigenvalue weighted by atomic mass is 9.99. The van der Waals surface area contributed by atoms with Crippen molar-refractivity contribution in [2.45, 2.75) is 44.1 Å². The van der Waals surface area contributed by atoms with Gasteiger partial charge in [-0.15, -0.1) is 0 Å². The number of phenolic OH excluding ortho intramolecular Hbond substituents is 1. The van der Waals surface area contributed by atoms with Crippen molar-refractivity contribution in [3.05, 3.63) is 59.7 Å². The van der Waals surface area contributed by atoms with Crippen LogP contribution in [0.3, 0.4) is 0 Å². The Morgan fingerprint density at radius 3 is 2.11 bits per heavy atom. The highest BCUT2D eigenvalue weighted by Gasteiger charge is 2.28. The Morgan fingerprint density at radius 2 is 1.55 bits per heavy atom. The minimum Gasteiger partial charge on any atom is -0.508 e. The molecule has 38 heavy (non-hydrogen) atoms. The van der Waals surface area contributed by atoms with Gasteiger partial charge >= 0.3 is 5.97 Å².